The van der Waals surface area contributed by atoms with Gasteiger partial charge in [-0.05, 0) is 20.3 Å². The molecule has 0 saturated carbocycles. The normalized spacial score (nSPS) is 30.9. The first-order valence-corrected chi connectivity index (χ1v) is 5.87. The van der Waals surface area contributed by atoms with E-state index in [2.05, 4.69) is 25.2 Å². The summed E-state index contributed by atoms with van der Waals surface area (Å²) < 4.78 is 5.29. The molecular formula is C14H19NO2. The highest BCUT2D eigenvalue weighted by Gasteiger charge is 2.46. The molecule has 0 bridgehead atoms. The van der Waals surface area contributed by atoms with Gasteiger partial charge >= 0.3 is 0 Å². The Balaban J connectivity index is 2.54. The van der Waals surface area contributed by atoms with E-state index in [4.69, 9.17) is 4.74 Å². The highest BCUT2D eigenvalue weighted by Crippen LogP contribution is 2.45. The van der Waals surface area contributed by atoms with Crippen molar-refractivity contribution in [2.45, 2.75) is 20.3 Å². The molecule has 0 N–H and O–H groups in total. The first kappa shape index (κ1) is 12.0. The number of methoxy groups -OCH3 is 1. The number of hydrogen-bond donors (Lipinski definition) is 0. The van der Waals surface area contributed by atoms with E-state index in [1.165, 1.54) is 5.57 Å². The minimum Gasteiger partial charge on any atom is -0.501 e. The molecule has 0 aromatic heterocycles. The van der Waals surface area contributed by atoms with Gasteiger partial charge in [-0.1, -0.05) is 23.8 Å². The van der Waals surface area contributed by atoms with Crippen LogP contribution >= 0.6 is 0 Å². The Morgan fingerprint density at radius 1 is 1.53 bits per heavy atom. The number of likely N-dealkylation sites (tertiary alicyclic amines) is 1. The number of allylic oxidation sites excluding steroid dienone is 4. The van der Waals surface area contributed by atoms with Crippen molar-refractivity contribution in [1.29, 1.82) is 0 Å². The fraction of sp³-hybridized carbons (Fsp3) is 0.500. The van der Waals surface area contributed by atoms with Gasteiger partial charge in [0, 0.05) is 19.0 Å². The van der Waals surface area contributed by atoms with Gasteiger partial charge in [0.15, 0.2) is 0 Å². The second kappa shape index (κ2) is 4.06. The van der Waals surface area contributed by atoms with E-state index in [9.17, 15) is 4.79 Å². The van der Waals surface area contributed by atoms with Crippen LogP contribution in [-0.2, 0) is 9.53 Å². The molecule has 3 nitrogen and oxygen atoms in total. The van der Waals surface area contributed by atoms with Crippen molar-refractivity contribution < 1.29 is 9.53 Å². The number of rotatable bonds is 1. The van der Waals surface area contributed by atoms with E-state index in [1.54, 1.807) is 12.0 Å². The van der Waals surface area contributed by atoms with Crippen molar-refractivity contribution in [2.75, 3.05) is 20.7 Å². The number of likely N-dealkylation sites (N-methyl/N-ethyl adjacent to an activating group) is 1. The molecule has 0 unspecified atom stereocenters. The third-order valence-electron chi connectivity index (χ3n) is 3.60. The molecule has 2 aliphatic rings. The molecule has 1 amide bonds. The van der Waals surface area contributed by atoms with Crippen LogP contribution in [0, 0.1) is 5.41 Å². The van der Waals surface area contributed by atoms with Gasteiger partial charge in [0.05, 0.1) is 12.7 Å². The van der Waals surface area contributed by atoms with Crippen LogP contribution in [0.25, 0.3) is 0 Å². The van der Waals surface area contributed by atoms with Gasteiger partial charge in [0.2, 0.25) is 0 Å². The molecule has 92 valence electrons. The number of amides is 1. The second-order valence-electron chi connectivity index (χ2n) is 4.95. The fourth-order valence-corrected chi connectivity index (χ4v) is 2.86. The maximum Gasteiger partial charge on any atom is 0.253 e. The van der Waals surface area contributed by atoms with E-state index in [0.29, 0.717) is 0 Å². The molecule has 1 spiro atoms. The zero-order chi connectivity index (χ0) is 12.6. The summed E-state index contributed by atoms with van der Waals surface area (Å²) in [6.45, 7) is 4.68. The topological polar surface area (TPSA) is 29.5 Å². The number of hydrogen-bond acceptors (Lipinski definition) is 2. The third kappa shape index (κ3) is 1.79. The lowest BCUT2D eigenvalue weighted by Gasteiger charge is -2.28. The molecule has 0 aromatic carbocycles. The number of carbonyl (C=O) groups is 1. The first-order valence-electron chi connectivity index (χ1n) is 5.87. The Bertz CT molecular complexity index is 445. The van der Waals surface area contributed by atoms with Gasteiger partial charge in [-0.2, -0.15) is 0 Å². The molecule has 0 aromatic rings. The van der Waals surface area contributed by atoms with Crippen LogP contribution in [0.2, 0.25) is 0 Å². The predicted molar refractivity (Wildman–Crippen MR) is 67.3 cm³/mol. The smallest absolute Gasteiger partial charge is 0.253 e. The fourth-order valence-electron chi connectivity index (χ4n) is 2.86. The quantitative estimate of drug-likeness (QED) is 0.513. The summed E-state index contributed by atoms with van der Waals surface area (Å²) in [5, 5.41) is 0. The van der Waals surface area contributed by atoms with Gasteiger partial charge < -0.3 is 9.64 Å². The monoisotopic (exact) mass is 233 g/mol. The summed E-state index contributed by atoms with van der Waals surface area (Å²) in [5.74, 6) is 0.822. The summed E-state index contributed by atoms with van der Waals surface area (Å²) in [7, 11) is 3.47. The van der Waals surface area contributed by atoms with Gasteiger partial charge in [0.25, 0.3) is 5.91 Å². The van der Waals surface area contributed by atoms with Crippen molar-refractivity contribution in [2.24, 2.45) is 5.41 Å². The number of ether oxygens (including phenoxy) is 1. The summed E-state index contributed by atoms with van der Waals surface area (Å²) in [5.41, 5.74) is 1.83. The van der Waals surface area contributed by atoms with Crippen molar-refractivity contribution in [3.63, 3.8) is 0 Å². The van der Waals surface area contributed by atoms with Gasteiger partial charge in [0.1, 0.15) is 5.76 Å². The molecule has 2 rings (SSSR count). The predicted octanol–water partition coefficient (Wildman–Crippen LogP) is 2.27. The third-order valence-corrected chi connectivity index (χ3v) is 3.60. The summed E-state index contributed by atoms with van der Waals surface area (Å²) in [6, 6.07) is 0. The molecular weight excluding hydrogens is 214 g/mol. The van der Waals surface area contributed by atoms with Crippen LogP contribution in [-0.4, -0.2) is 31.5 Å². The first-order chi connectivity index (χ1) is 8.00. The lowest BCUT2D eigenvalue weighted by Crippen LogP contribution is -2.25. The Labute approximate surface area is 102 Å². The van der Waals surface area contributed by atoms with Crippen LogP contribution in [0.4, 0.5) is 0 Å². The zero-order valence-corrected chi connectivity index (χ0v) is 10.9. The largest absolute Gasteiger partial charge is 0.501 e. The SMILES string of the molecule is CO/C(C)=C1/C(=O)N(C)C[C@]12C=C(C)C=CC2. The molecule has 1 saturated heterocycles. The highest BCUT2D eigenvalue weighted by atomic mass is 16.5. The number of carbonyl (C=O) groups excluding carboxylic acids is 1. The summed E-state index contributed by atoms with van der Waals surface area (Å²) >= 11 is 0. The van der Waals surface area contributed by atoms with Crippen molar-refractivity contribution in [1.82, 2.24) is 4.90 Å². The van der Waals surface area contributed by atoms with Crippen LogP contribution in [0.5, 0.6) is 0 Å². The maximum atomic E-state index is 12.2. The molecule has 1 aliphatic heterocycles. The Morgan fingerprint density at radius 3 is 2.82 bits per heavy atom. The van der Waals surface area contributed by atoms with E-state index in [-0.39, 0.29) is 11.3 Å². The standard InChI is InChI=1S/C14H19NO2/c1-10-6-5-7-14(8-10)9-15(3)13(16)12(14)11(2)17-4/h5-6,8H,7,9H2,1-4H3/b12-11-/t14-/m0/s1. The Hall–Kier alpha value is -1.51. The second-order valence-corrected chi connectivity index (χ2v) is 4.95. The molecule has 0 radical (unpaired) electrons. The van der Waals surface area contributed by atoms with Crippen LogP contribution in [0.1, 0.15) is 20.3 Å². The average molecular weight is 233 g/mol. The van der Waals surface area contributed by atoms with Gasteiger partial charge in [-0.25, -0.2) is 0 Å². The number of nitrogens with zero attached hydrogens (tertiary/aromatic N) is 1. The Morgan fingerprint density at radius 2 is 2.24 bits per heavy atom. The minimum absolute atomic E-state index is 0.0868. The zero-order valence-electron chi connectivity index (χ0n) is 10.9. The average Bonchev–Trinajstić information content (AvgIpc) is 2.50. The molecule has 1 heterocycles. The lowest BCUT2D eigenvalue weighted by molar-refractivity contribution is -0.123. The highest BCUT2D eigenvalue weighted by molar-refractivity contribution is 5.98. The maximum absolute atomic E-state index is 12.2. The van der Waals surface area contributed by atoms with Crippen molar-refractivity contribution in [3.8, 4) is 0 Å². The molecule has 1 fully saturated rings. The van der Waals surface area contributed by atoms with Crippen LogP contribution in [0.3, 0.4) is 0 Å². The van der Waals surface area contributed by atoms with Gasteiger partial charge in [-0.3, -0.25) is 4.79 Å². The molecule has 17 heavy (non-hydrogen) atoms. The van der Waals surface area contributed by atoms with Crippen molar-refractivity contribution >= 4 is 5.91 Å². The van der Waals surface area contributed by atoms with Crippen molar-refractivity contribution in [3.05, 3.63) is 35.1 Å². The minimum atomic E-state index is -0.190. The van der Waals surface area contributed by atoms with E-state index in [0.717, 1.165) is 24.3 Å². The van der Waals surface area contributed by atoms with Crippen LogP contribution < -0.4 is 0 Å². The van der Waals surface area contributed by atoms with Gasteiger partial charge in [-0.15, -0.1) is 0 Å². The van der Waals surface area contributed by atoms with E-state index >= 15 is 0 Å². The molecule has 3 heteroatoms. The van der Waals surface area contributed by atoms with Crippen LogP contribution in [0.15, 0.2) is 35.1 Å². The Kier molecular flexibility index (Phi) is 2.86. The lowest BCUT2D eigenvalue weighted by atomic mass is 9.75. The van der Waals surface area contributed by atoms with E-state index < -0.39 is 0 Å². The summed E-state index contributed by atoms with van der Waals surface area (Å²) in [6.07, 6.45) is 7.32. The molecule has 1 atom stereocenters. The summed E-state index contributed by atoms with van der Waals surface area (Å²) in [4.78, 5) is 14.0. The van der Waals surface area contributed by atoms with E-state index in [1.807, 2.05) is 14.0 Å². The molecule has 1 aliphatic carbocycles.